The van der Waals surface area contributed by atoms with Gasteiger partial charge in [-0.15, -0.1) is 0 Å². The van der Waals surface area contributed by atoms with Crippen molar-refractivity contribution in [3.63, 3.8) is 0 Å². The smallest absolute Gasteiger partial charge is 0.419 e. The minimum Gasteiger partial charge on any atom is -0.467 e. The molecule has 0 unspecified atom stereocenters. The summed E-state index contributed by atoms with van der Waals surface area (Å²) in [4.78, 5) is 49.9. The molecule has 40 heavy (non-hydrogen) atoms. The molecule has 2 amide bonds. The number of para-hydroxylation sites is 1. The quantitative estimate of drug-likeness (QED) is 0.256. The second-order valence-corrected chi connectivity index (χ2v) is 10.2. The molecular weight excluding hydrogens is 518 g/mol. The number of carbonyl (C=O) groups excluding carboxylic acids is 4. The number of ether oxygens (including phenoxy) is 3. The number of aromatic nitrogens is 1. The van der Waals surface area contributed by atoms with Gasteiger partial charge in [-0.1, -0.05) is 48.5 Å². The van der Waals surface area contributed by atoms with Gasteiger partial charge >= 0.3 is 18.2 Å². The maximum Gasteiger partial charge on any atom is 0.419 e. The van der Waals surface area contributed by atoms with Crippen LogP contribution in [0.4, 0.5) is 9.59 Å². The molecule has 214 valence electrons. The zero-order valence-electron chi connectivity index (χ0n) is 23.0. The first kappa shape index (κ1) is 30.2. The monoisotopic (exact) mass is 553 g/mol. The molecule has 1 heterocycles. The van der Waals surface area contributed by atoms with Gasteiger partial charge in [0.25, 0.3) is 0 Å². The maximum atomic E-state index is 12.8. The van der Waals surface area contributed by atoms with E-state index >= 15 is 0 Å². The van der Waals surface area contributed by atoms with Crippen molar-refractivity contribution in [2.75, 3.05) is 13.7 Å². The molecule has 0 fully saturated rings. The number of carbonyl (C=O) groups is 4. The molecule has 0 spiro atoms. The number of aliphatic hydroxyl groups is 1. The van der Waals surface area contributed by atoms with E-state index in [1.54, 1.807) is 63.4 Å². The molecule has 0 bridgehead atoms. The molecule has 0 radical (unpaired) electrons. The van der Waals surface area contributed by atoms with Gasteiger partial charge < -0.3 is 30.0 Å². The van der Waals surface area contributed by atoms with Crippen LogP contribution in [-0.2, 0) is 36.8 Å². The number of amides is 2. The fourth-order valence-electron chi connectivity index (χ4n) is 3.95. The highest BCUT2D eigenvalue weighted by molar-refractivity contribution is 5.93. The van der Waals surface area contributed by atoms with Crippen molar-refractivity contribution in [3.05, 3.63) is 71.9 Å². The predicted molar refractivity (Wildman–Crippen MR) is 146 cm³/mol. The normalized spacial score (nSPS) is 12.7. The lowest BCUT2D eigenvalue weighted by molar-refractivity contribution is -0.145. The lowest BCUT2D eigenvalue weighted by atomic mass is 10.0. The highest BCUT2D eigenvalue weighted by atomic mass is 16.6. The van der Waals surface area contributed by atoms with Crippen LogP contribution in [0.5, 0.6) is 0 Å². The summed E-state index contributed by atoms with van der Waals surface area (Å²) in [5, 5.41) is 15.9. The number of hydrogen-bond acceptors (Lipinski definition) is 8. The van der Waals surface area contributed by atoms with E-state index in [9.17, 15) is 24.3 Å². The van der Waals surface area contributed by atoms with Crippen molar-refractivity contribution >= 4 is 35.0 Å². The minimum absolute atomic E-state index is 0.0227. The molecule has 0 aliphatic carbocycles. The molecule has 0 saturated heterocycles. The Morgan fingerprint density at radius 2 is 1.68 bits per heavy atom. The molecule has 0 aliphatic rings. The molecule has 11 heteroatoms. The lowest BCUT2D eigenvalue weighted by Gasteiger charge is -2.19. The van der Waals surface area contributed by atoms with Crippen LogP contribution in [0.1, 0.15) is 38.3 Å². The van der Waals surface area contributed by atoms with Gasteiger partial charge in [-0.2, -0.15) is 0 Å². The van der Waals surface area contributed by atoms with E-state index in [-0.39, 0.29) is 26.0 Å². The van der Waals surface area contributed by atoms with Gasteiger partial charge in [0.2, 0.25) is 5.91 Å². The average Bonchev–Trinajstić information content (AvgIpc) is 3.28. The summed E-state index contributed by atoms with van der Waals surface area (Å²) in [5.41, 5.74) is 1.29. The summed E-state index contributed by atoms with van der Waals surface area (Å²) in [6, 6.07) is 15.1. The molecule has 2 atom stereocenters. The van der Waals surface area contributed by atoms with E-state index < -0.39 is 41.8 Å². The van der Waals surface area contributed by atoms with Crippen molar-refractivity contribution < 1.29 is 38.5 Å². The zero-order valence-corrected chi connectivity index (χ0v) is 23.0. The maximum absolute atomic E-state index is 12.8. The summed E-state index contributed by atoms with van der Waals surface area (Å²) in [7, 11) is 1.20. The van der Waals surface area contributed by atoms with E-state index in [0.29, 0.717) is 16.5 Å². The Bertz CT molecular complexity index is 1330. The molecule has 1 aromatic heterocycles. The Hall–Kier alpha value is -4.38. The van der Waals surface area contributed by atoms with Crippen molar-refractivity contribution in [3.8, 4) is 0 Å². The summed E-state index contributed by atoms with van der Waals surface area (Å²) < 4.78 is 16.8. The second-order valence-electron chi connectivity index (χ2n) is 10.2. The van der Waals surface area contributed by atoms with Gasteiger partial charge in [0, 0.05) is 24.5 Å². The van der Waals surface area contributed by atoms with Gasteiger partial charge in [-0.05, 0) is 38.0 Å². The minimum atomic E-state index is -1.23. The molecule has 11 nitrogen and oxygen atoms in total. The average molecular weight is 554 g/mol. The van der Waals surface area contributed by atoms with E-state index in [1.165, 1.54) is 11.7 Å². The van der Waals surface area contributed by atoms with Crippen molar-refractivity contribution in [1.29, 1.82) is 0 Å². The molecular formula is C29H35N3O8. The molecule has 3 N–H and O–H groups in total. The van der Waals surface area contributed by atoms with Gasteiger partial charge in [0.15, 0.2) is 0 Å². The SMILES string of the molecule is COC(=O)[C@H](Cc1cn(C(=O)OC(C)(C)C)c2ccccc12)NC(=O)C[C@H](O)CNC(=O)OCc1ccccc1. The van der Waals surface area contributed by atoms with Crippen LogP contribution in [0.3, 0.4) is 0 Å². The van der Waals surface area contributed by atoms with Gasteiger partial charge in [-0.25, -0.2) is 14.4 Å². The van der Waals surface area contributed by atoms with Gasteiger partial charge in [-0.3, -0.25) is 9.36 Å². The number of aliphatic hydroxyl groups excluding tert-OH is 1. The standard InChI is InChI=1S/C29H35N3O8/c1-29(2,3)40-28(37)32-17-20(22-12-8-9-13-24(22)32)14-23(26(35)38-4)31-25(34)15-21(33)16-30-27(36)39-18-19-10-6-5-7-11-19/h5-13,17,21,23,33H,14-16,18H2,1-4H3,(H,30,36)(H,31,34)/t21-,23-/m0/s1. The molecule has 0 aliphatic heterocycles. The van der Waals surface area contributed by atoms with Crippen LogP contribution < -0.4 is 10.6 Å². The number of fused-ring (bicyclic) bond motifs is 1. The Balaban J connectivity index is 1.61. The summed E-state index contributed by atoms with van der Waals surface area (Å²) in [6.07, 6.45) is -1.33. The molecule has 3 aromatic rings. The van der Waals surface area contributed by atoms with Gasteiger partial charge in [0.1, 0.15) is 18.2 Å². The fourth-order valence-corrected chi connectivity index (χ4v) is 3.95. The number of rotatable bonds is 10. The van der Waals surface area contributed by atoms with E-state index in [1.807, 2.05) is 18.2 Å². The third-order valence-electron chi connectivity index (χ3n) is 5.75. The number of benzene rings is 2. The highest BCUT2D eigenvalue weighted by Gasteiger charge is 2.27. The van der Waals surface area contributed by atoms with Crippen molar-refractivity contribution in [1.82, 2.24) is 15.2 Å². The van der Waals surface area contributed by atoms with Crippen LogP contribution in [0.2, 0.25) is 0 Å². The van der Waals surface area contributed by atoms with E-state index in [4.69, 9.17) is 14.2 Å². The number of esters is 1. The number of nitrogens with zero attached hydrogens (tertiary/aromatic N) is 1. The number of hydrogen-bond donors (Lipinski definition) is 3. The highest BCUT2D eigenvalue weighted by Crippen LogP contribution is 2.24. The Morgan fingerprint density at radius 1 is 1.00 bits per heavy atom. The van der Waals surface area contributed by atoms with Crippen LogP contribution in [-0.4, -0.2) is 65.1 Å². The zero-order chi connectivity index (χ0) is 29.3. The largest absolute Gasteiger partial charge is 0.467 e. The predicted octanol–water partition coefficient (Wildman–Crippen LogP) is 3.30. The lowest BCUT2D eigenvalue weighted by Crippen LogP contribution is -2.45. The first-order valence-corrected chi connectivity index (χ1v) is 12.8. The number of methoxy groups -OCH3 is 1. The Morgan fingerprint density at radius 3 is 2.35 bits per heavy atom. The summed E-state index contributed by atoms with van der Waals surface area (Å²) >= 11 is 0. The summed E-state index contributed by atoms with van der Waals surface area (Å²) in [6.45, 7) is 5.12. The van der Waals surface area contributed by atoms with Crippen LogP contribution in [0.25, 0.3) is 10.9 Å². The summed E-state index contributed by atoms with van der Waals surface area (Å²) in [5.74, 6) is -1.32. The number of alkyl carbamates (subject to hydrolysis) is 1. The van der Waals surface area contributed by atoms with E-state index in [0.717, 1.165) is 5.56 Å². The Labute approximate surface area is 232 Å². The van der Waals surface area contributed by atoms with Crippen molar-refractivity contribution in [2.45, 2.75) is 58.0 Å². The third-order valence-corrected chi connectivity index (χ3v) is 5.75. The second kappa shape index (κ2) is 13.6. The number of nitrogens with one attached hydrogen (secondary N) is 2. The third kappa shape index (κ3) is 8.84. The molecule has 2 aromatic carbocycles. The fraction of sp³-hybridized carbons (Fsp3) is 0.379. The molecule has 3 rings (SSSR count). The van der Waals surface area contributed by atoms with Crippen LogP contribution in [0, 0.1) is 0 Å². The Kier molecular flexibility index (Phi) is 10.3. The van der Waals surface area contributed by atoms with E-state index in [2.05, 4.69) is 10.6 Å². The first-order valence-electron chi connectivity index (χ1n) is 12.8. The first-order chi connectivity index (χ1) is 19.0. The van der Waals surface area contributed by atoms with Crippen LogP contribution >= 0.6 is 0 Å². The molecule has 0 saturated carbocycles. The van der Waals surface area contributed by atoms with Crippen LogP contribution in [0.15, 0.2) is 60.8 Å². The van der Waals surface area contributed by atoms with Crippen molar-refractivity contribution in [2.24, 2.45) is 0 Å². The van der Waals surface area contributed by atoms with Gasteiger partial charge in [0.05, 0.1) is 25.2 Å². The topological polar surface area (TPSA) is 145 Å².